The van der Waals surface area contributed by atoms with E-state index < -0.39 is 6.10 Å². The molecule has 100 valence electrons. The molecule has 3 nitrogen and oxygen atoms in total. The summed E-state index contributed by atoms with van der Waals surface area (Å²) in [4.78, 5) is 2.29. The molecule has 1 aromatic rings. The SMILES string of the molecule is Cc1ccccc1C(O)CN1CC(C)OC(C)C1. The van der Waals surface area contributed by atoms with Crippen LogP contribution in [0.5, 0.6) is 0 Å². The predicted molar refractivity (Wildman–Crippen MR) is 72.6 cm³/mol. The highest BCUT2D eigenvalue weighted by Crippen LogP contribution is 2.20. The van der Waals surface area contributed by atoms with Gasteiger partial charge in [-0.25, -0.2) is 0 Å². The van der Waals surface area contributed by atoms with E-state index in [1.807, 2.05) is 31.2 Å². The third-order valence-corrected chi connectivity index (χ3v) is 3.47. The number of rotatable bonds is 3. The van der Waals surface area contributed by atoms with Gasteiger partial charge in [0.15, 0.2) is 0 Å². The fraction of sp³-hybridized carbons (Fsp3) is 0.600. The predicted octanol–water partition coefficient (Wildman–Crippen LogP) is 2.14. The van der Waals surface area contributed by atoms with Crippen LogP contribution in [-0.2, 0) is 4.74 Å². The molecule has 0 saturated carbocycles. The zero-order valence-corrected chi connectivity index (χ0v) is 11.5. The number of ether oxygens (including phenoxy) is 1. The summed E-state index contributed by atoms with van der Waals surface area (Å²) in [7, 11) is 0. The highest BCUT2D eigenvalue weighted by atomic mass is 16.5. The number of morpholine rings is 1. The maximum absolute atomic E-state index is 10.3. The van der Waals surface area contributed by atoms with Crippen molar-refractivity contribution in [3.63, 3.8) is 0 Å². The number of hydrogen-bond donors (Lipinski definition) is 1. The quantitative estimate of drug-likeness (QED) is 0.891. The van der Waals surface area contributed by atoms with Crippen molar-refractivity contribution in [1.82, 2.24) is 4.90 Å². The lowest BCUT2D eigenvalue weighted by Crippen LogP contribution is -2.46. The molecule has 0 amide bonds. The Kier molecular flexibility index (Phi) is 4.38. The maximum atomic E-state index is 10.3. The van der Waals surface area contributed by atoms with E-state index in [0.717, 1.165) is 24.2 Å². The number of benzene rings is 1. The zero-order valence-electron chi connectivity index (χ0n) is 11.5. The first-order valence-electron chi connectivity index (χ1n) is 6.67. The van der Waals surface area contributed by atoms with Crippen molar-refractivity contribution in [2.45, 2.75) is 39.1 Å². The smallest absolute Gasteiger partial charge is 0.0919 e. The number of nitrogens with zero attached hydrogens (tertiary/aromatic N) is 1. The average molecular weight is 249 g/mol. The lowest BCUT2D eigenvalue weighted by molar-refractivity contribution is -0.0767. The van der Waals surface area contributed by atoms with Gasteiger partial charge in [0.1, 0.15) is 0 Å². The van der Waals surface area contributed by atoms with Crippen LogP contribution in [0.4, 0.5) is 0 Å². The second-order valence-corrected chi connectivity index (χ2v) is 5.35. The summed E-state index contributed by atoms with van der Waals surface area (Å²) >= 11 is 0. The molecule has 0 aliphatic carbocycles. The summed E-state index contributed by atoms with van der Waals surface area (Å²) in [5.74, 6) is 0. The normalized spacial score (nSPS) is 27.1. The second-order valence-electron chi connectivity index (χ2n) is 5.35. The van der Waals surface area contributed by atoms with Crippen molar-refractivity contribution in [2.24, 2.45) is 0 Å². The van der Waals surface area contributed by atoms with Gasteiger partial charge in [-0.05, 0) is 31.9 Å². The van der Waals surface area contributed by atoms with Crippen molar-refractivity contribution in [2.75, 3.05) is 19.6 Å². The number of β-amino-alcohol motifs (C(OH)–C–C–N with tert-alkyl or cyclic N) is 1. The van der Waals surface area contributed by atoms with Crippen LogP contribution in [0.2, 0.25) is 0 Å². The molecule has 1 aromatic carbocycles. The monoisotopic (exact) mass is 249 g/mol. The number of aryl methyl sites for hydroxylation is 1. The molecule has 0 aromatic heterocycles. The molecule has 1 heterocycles. The van der Waals surface area contributed by atoms with Gasteiger partial charge in [-0.2, -0.15) is 0 Å². The first-order chi connectivity index (χ1) is 8.56. The van der Waals surface area contributed by atoms with Crippen molar-refractivity contribution < 1.29 is 9.84 Å². The van der Waals surface area contributed by atoms with Crippen LogP contribution < -0.4 is 0 Å². The van der Waals surface area contributed by atoms with E-state index in [0.29, 0.717) is 6.54 Å². The molecule has 3 atom stereocenters. The Bertz CT molecular complexity index is 384. The largest absolute Gasteiger partial charge is 0.387 e. The molecule has 1 aliphatic heterocycles. The maximum Gasteiger partial charge on any atom is 0.0919 e. The minimum absolute atomic E-state index is 0.248. The topological polar surface area (TPSA) is 32.7 Å². The fourth-order valence-electron chi connectivity index (χ4n) is 2.74. The fourth-order valence-corrected chi connectivity index (χ4v) is 2.74. The van der Waals surface area contributed by atoms with Gasteiger partial charge in [0.2, 0.25) is 0 Å². The highest BCUT2D eigenvalue weighted by Gasteiger charge is 2.24. The first kappa shape index (κ1) is 13.5. The molecule has 1 saturated heterocycles. The standard InChI is InChI=1S/C15H23NO2/c1-11-6-4-5-7-14(11)15(17)10-16-8-12(2)18-13(3)9-16/h4-7,12-13,15,17H,8-10H2,1-3H3. The lowest BCUT2D eigenvalue weighted by Gasteiger charge is -2.36. The molecule has 2 rings (SSSR count). The van der Waals surface area contributed by atoms with E-state index in [1.165, 1.54) is 0 Å². The van der Waals surface area contributed by atoms with Crippen LogP contribution in [0, 0.1) is 6.92 Å². The van der Waals surface area contributed by atoms with Crippen LogP contribution in [0.3, 0.4) is 0 Å². The molecule has 1 N–H and O–H groups in total. The van der Waals surface area contributed by atoms with Gasteiger partial charge >= 0.3 is 0 Å². The molecule has 1 aliphatic rings. The van der Waals surface area contributed by atoms with Crippen molar-refractivity contribution in [3.8, 4) is 0 Å². The van der Waals surface area contributed by atoms with Crippen LogP contribution in [0.25, 0.3) is 0 Å². The van der Waals surface area contributed by atoms with Gasteiger partial charge in [-0.1, -0.05) is 24.3 Å². The molecule has 3 heteroatoms. The summed E-state index contributed by atoms with van der Waals surface area (Å²) < 4.78 is 5.70. The summed E-state index contributed by atoms with van der Waals surface area (Å²) in [6.07, 6.45) is 0.0827. The van der Waals surface area contributed by atoms with Crippen LogP contribution >= 0.6 is 0 Å². The van der Waals surface area contributed by atoms with Gasteiger partial charge in [0.25, 0.3) is 0 Å². The Balaban J connectivity index is 1.99. The van der Waals surface area contributed by atoms with E-state index in [-0.39, 0.29) is 12.2 Å². The zero-order chi connectivity index (χ0) is 13.1. The lowest BCUT2D eigenvalue weighted by atomic mass is 10.0. The minimum Gasteiger partial charge on any atom is -0.387 e. The molecule has 0 spiro atoms. The number of aliphatic hydroxyl groups is 1. The Morgan fingerprint density at radius 3 is 2.50 bits per heavy atom. The molecular weight excluding hydrogens is 226 g/mol. The average Bonchev–Trinajstić information content (AvgIpc) is 2.27. The van der Waals surface area contributed by atoms with Gasteiger partial charge in [0.05, 0.1) is 18.3 Å². The third-order valence-electron chi connectivity index (χ3n) is 3.47. The van der Waals surface area contributed by atoms with E-state index >= 15 is 0 Å². The molecule has 0 radical (unpaired) electrons. The minimum atomic E-state index is -0.413. The molecule has 1 fully saturated rings. The van der Waals surface area contributed by atoms with Gasteiger partial charge in [0, 0.05) is 19.6 Å². The number of aliphatic hydroxyl groups excluding tert-OH is 1. The Labute approximate surface area is 109 Å². The van der Waals surface area contributed by atoms with Crippen LogP contribution in [0.15, 0.2) is 24.3 Å². The van der Waals surface area contributed by atoms with Crippen molar-refractivity contribution >= 4 is 0 Å². The van der Waals surface area contributed by atoms with E-state index in [1.54, 1.807) is 0 Å². The number of hydrogen-bond acceptors (Lipinski definition) is 3. The van der Waals surface area contributed by atoms with Crippen LogP contribution in [-0.4, -0.2) is 41.8 Å². The first-order valence-corrected chi connectivity index (χ1v) is 6.67. The molecular formula is C15H23NO2. The Morgan fingerprint density at radius 2 is 1.89 bits per heavy atom. The third kappa shape index (κ3) is 3.31. The Morgan fingerprint density at radius 1 is 1.28 bits per heavy atom. The van der Waals surface area contributed by atoms with Gasteiger partial charge in [-0.15, -0.1) is 0 Å². The molecule has 18 heavy (non-hydrogen) atoms. The van der Waals surface area contributed by atoms with E-state index in [9.17, 15) is 5.11 Å². The second kappa shape index (κ2) is 5.83. The van der Waals surface area contributed by atoms with Gasteiger partial charge in [-0.3, -0.25) is 4.90 Å². The van der Waals surface area contributed by atoms with Crippen molar-refractivity contribution in [3.05, 3.63) is 35.4 Å². The summed E-state index contributed by atoms with van der Waals surface area (Å²) in [5, 5.41) is 10.3. The van der Waals surface area contributed by atoms with Crippen LogP contribution in [0.1, 0.15) is 31.1 Å². The van der Waals surface area contributed by atoms with E-state index in [4.69, 9.17) is 4.74 Å². The summed E-state index contributed by atoms with van der Waals surface area (Å²) in [6.45, 7) is 8.69. The Hall–Kier alpha value is -0.900. The summed E-state index contributed by atoms with van der Waals surface area (Å²) in [5.41, 5.74) is 2.18. The molecule has 3 unspecified atom stereocenters. The van der Waals surface area contributed by atoms with Crippen molar-refractivity contribution in [1.29, 1.82) is 0 Å². The highest BCUT2D eigenvalue weighted by molar-refractivity contribution is 5.27. The molecule has 0 bridgehead atoms. The van der Waals surface area contributed by atoms with Gasteiger partial charge < -0.3 is 9.84 Å². The summed E-state index contributed by atoms with van der Waals surface area (Å²) in [6, 6.07) is 8.04. The van der Waals surface area contributed by atoms with E-state index in [2.05, 4.69) is 18.7 Å².